The van der Waals surface area contributed by atoms with Gasteiger partial charge in [-0.25, -0.2) is 4.98 Å². The molecule has 2 rings (SSSR count). The molecular weight excluding hydrogens is 301 g/mol. The number of hydrogen-bond acceptors (Lipinski definition) is 3. The maximum Gasteiger partial charge on any atom is 0.123 e. The van der Waals surface area contributed by atoms with Gasteiger partial charge >= 0.3 is 0 Å². The van der Waals surface area contributed by atoms with E-state index in [1.165, 1.54) is 3.57 Å². The lowest BCUT2D eigenvalue weighted by Crippen LogP contribution is -1.93. The Hall–Kier alpha value is -1.30. The molecule has 1 aromatic heterocycles. The Morgan fingerprint density at radius 3 is 2.27 bits per heavy atom. The molecule has 0 radical (unpaired) electrons. The summed E-state index contributed by atoms with van der Waals surface area (Å²) in [6, 6.07) is 11.8. The summed E-state index contributed by atoms with van der Waals surface area (Å²) in [5.41, 5.74) is 7.48. The molecule has 0 atom stereocenters. The number of pyridine rings is 1. The van der Waals surface area contributed by atoms with Gasteiger partial charge in [-0.3, -0.25) is 0 Å². The van der Waals surface area contributed by atoms with Crippen LogP contribution in [0, 0.1) is 3.57 Å². The van der Waals surface area contributed by atoms with Crippen LogP contribution in [0.3, 0.4) is 0 Å². The van der Waals surface area contributed by atoms with E-state index >= 15 is 0 Å². The van der Waals surface area contributed by atoms with Gasteiger partial charge in [0, 0.05) is 9.26 Å². The van der Waals surface area contributed by atoms with Crippen LogP contribution in [0.15, 0.2) is 42.6 Å². The summed E-state index contributed by atoms with van der Waals surface area (Å²) in [6.07, 6.45) is 1.72. The minimum Gasteiger partial charge on any atom is -0.384 e. The molecule has 0 aliphatic carbocycles. The normalized spacial score (nSPS) is 9.93. The lowest BCUT2D eigenvalue weighted by molar-refractivity contribution is 1.33. The van der Waals surface area contributed by atoms with Gasteiger partial charge in [0.15, 0.2) is 0 Å². The summed E-state index contributed by atoms with van der Waals surface area (Å²) in [4.78, 5) is 4.01. The molecule has 0 amide bonds. The van der Waals surface area contributed by atoms with E-state index in [9.17, 15) is 0 Å². The molecule has 3 nitrogen and oxygen atoms in total. The smallest absolute Gasteiger partial charge is 0.123 e. The number of anilines is 3. The molecule has 3 N–H and O–H groups in total. The van der Waals surface area contributed by atoms with E-state index in [0.717, 1.165) is 11.4 Å². The van der Waals surface area contributed by atoms with Crippen molar-refractivity contribution in [1.29, 1.82) is 0 Å². The molecule has 0 fully saturated rings. The van der Waals surface area contributed by atoms with Crippen LogP contribution in [-0.2, 0) is 0 Å². The van der Waals surface area contributed by atoms with E-state index in [4.69, 9.17) is 5.73 Å². The first-order valence-corrected chi connectivity index (χ1v) is 5.56. The van der Waals surface area contributed by atoms with Gasteiger partial charge < -0.3 is 11.1 Å². The summed E-state index contributed by atoms with van der Waals surface area (Å²) in [6.45, 7) is 0. The number of nitrogens with two attached hydrogens (primary N) is 1. The highest BCUT2D eigenvalue weighted by atomic mass is 127. The molecule has 0 bridgehead atoms. The van der Waals surface area contributed by atoms with E-state index in [-0.39, 0.29) is 0 Å². The molecule has 2 aromatic rings. The van der Waals surface area contributed by atoms with E-state index in [2.05, 4.69) is 32.9 Å². The highest BCUT2D eigenvalue weighted by Crippen LogP contribution is 2.17. The summed E-state index contributed by atoms with van der Waals surface area (Å²) in [5, 5.41) is 3.24. The minimum absolute atomic E-state index is 0.531. The average molecular weight is 311 g/mol. The van der Waals surface area contributed by atoms with E-state index in [1.807, 2.05) is 30.3 Å². The first-order chi connectivity index (χ1) is 7.24. The van der Waals surface area contributed by atoms with Gasteiger partial charge in [-0.2, -0.15) is 0 Å². The third-order valence-electron chi connectivity index (χ3n) is 1.92. The van der Waals surface area contributed by atoms with Crippen molar-refractivity contribution in [3.05, 3.63) is 46.2 Å². The molecule has 0 aliphatic rings. The summed E-state index contributed by atoms with van der Waals surface area (Å²) in [5.74, 6) is 0.531. The second-order valence-electron chi connectivity index (χ2n) is 3.10. The Morgan fingerprint density at radius 1 is 1.00 bits per heavy atom. The Bertz CT molecular complexity index is 393. The number of aromatic nitrogens is 1. The molecule has 4 heteroatoms. The Morgan fingerprint density at radius 2 is 1.67 bits per heavy atom. The second kappa shape index (κ2) is 4.48. The van der Waals surface area contributed by atoms with Crippen molar-refractivity contribution in [2.75, 3.05) is 11.1 Å². The van der Waals surface area contributed by atoms with Crippen LogP contribution >= 0.6 is 22.6 Å². The topological polar surface area (TPSA) is 50.9 Å². The summed E-state index contributed by atoms with van der Waals surface area (Å²) >= 11 is 2.28. The Balaban J connectivity index is 2.15. The van der Waals surface area contributed by atoms with Crippen LogP contribution in [0.25, 0.3) is 0 Å². The van der Waals surface area contributed by atoms with Crippen molar-refractivity contribution in [2.24, 2.45) is 0 Å². The van der Waals surface area contributed by atoms with Gasteiger partial charge in [-0.15, -0.1) is 0 Å². The Labute approximate surface area is 102 Å². The molecule has 0 saturated carbocycles. The predicted molar refractivity (Wildman–Crippen MR) is 71.1 cm³/mol. The van der Waals surface area contributed by atoms with Crippen molar-refractivity contribution in [3.63, 3.8) is 0 Å². The van der Waals surface area contributed by atoms with Gasteiger partial charge in [0.1, 0.15) is 5.82 Å². The van der Waals surface area contributed by atoms with Crippen LogP contribution in [-0.4, -0.2) is 4.98 Å². The van der Waals surface area contributed by atoms with Crippen LogP contribution in [0.4, 0.5) is 17.2 Å². The molecule has 0 saturated heterocycles. The molecule has 0 spiro atoms. The van der Waals surface area contributed by atoms with Gasteiger partial charge in [0.05, 0.1) is 11.9 Å². The zero-order valence-corrected chi connectivity index (χ0v) is 10.1. The third-order valence-corrected chi connectivity index (χ3v) is 2.64. The van der Waals surface area contributed by atoms with Crippen LogP contribution < -0.4 is 11.1 Å². The molecular formula is C11H10IN3. The quantitative estimate of drug-likeness (QED) is 0.838. The molecule has 0 aliphatic heterocycles. The lowest BCUT2D eigenvalue weighted by atomic mass is 10.3. The van der Waals surface area contributed by atoms with Crippen molar-refractivity contribution in [2.45, 2.75) is 0 Å². The standard InChI is InChI=1S/C11H10IN3/c12-8-1-3-9(4-2-8)15-10-5-6-11(13)14-7-10/h1-7,15H,(H2,13,14). The zero-order valence-electron chi connectivity index (χ0n) is 7.94. The molecule has 1 heterocycles. The zero-order chi connectivity index (χ0) is 10.7. The predicted octanol–water partition coefficient (Wildman–Crippen LogP) is 3.01. The maximum absolute atomic E-state index is 5.50. The highest BCUT2D eigenvalue weighted by Gasteiger charge is 1.94. The number of nitrogens with zero attached hydrogens (tertiary/aromatic N) is 1. The van der Waals surface area contributed by atoms with Gasteiger partial charge in [0.2, 0.25) is 0 Å². The number of benzene rings is 1. The average Bonchev–Trinajstić information content (AvgIpc) is 2.25. The third kappa shape index (κ3) is 2.82. The van der Waals surface area contributed by atoms with Crippen LogP contribution in [0.5, 0.6) is 0 Å². The fourth-order valence-electron chi connectivity index (χ4n) is 1.18. The van der Waals surface area contributed by atoms with E-state index in [0.29, 0.717) is 5.82 Å². The number of hydrogen-bond donors (Lipinski definition) is 2. The number of rotatable bonds is 2. The fraction of sp³-hybridized carbons (Fsp3) is 0. The SMILES string of the molecule is Nc1ccc(Nc2ccc(I)cc2)cn1. The summed E-state index contributed by atoms with van der Waals surface area (Å²) in [7, 11) is 0. The largest absolute Gasteiger partial charge is 0.384 e. The lowest BCUT2D eigenvalue weighted by Gasteiger charge is -2.05. The number of nitrogen functional groups attached to an aromatic ring is 1. The van der Waals surface area contributed by atoms with Crippen molar-refractivity contribution in [1.82, 2.24) is 4.98 Å². The van der Waals surface area contributed by atoms with E-state index < -0.39 is 0 Å². The van der Waals surface area contributed by atoms with E-state index in [1.54, 1.807) is 12.3 Å². The van der Waals surface area contributed by atoms with Gasteiger partial charge in [-0.05, 0) is 59.0 Å². The van der Waals surface area contributed by atoms with Gasteiger partial charge in [-0.1, -0.05) is 0 Å². The van der Waals surface area contributed by atoms with Crippen molar-refractivity contribution in [3.8, 4) is 0 Å². The molecule has 76 valence electrons. The first kappa shape index (κ1) is 10.2. The highest BCUT2D eigenvalue weighted by molar-refractivity contribution is 14.1. The number of nitrogens with one attached hydrogen (secondary N) is 1. The Kier molecular flexibility index (Phi) is 3.05. The molecule has 1 aromatic carbocycles. The minimum atomic E-state index is 0.531. The van der Waals surface area contributed by atoms with Crippen molar-refractivity contribution < 1.29 is 0 Å². The van der Waals surface area contributed by atoms with Crippen molar-refractivity contribution >= 4 is 39.8 Å². The van der Waals surface area contributed by atoms with Crippen LogP contribution in [0.1, 0.15) is 0 Å². The summed E-state index contributed by atoms with van der Waals surface area (Å²) < 4.78 is 1.22. The number of halogens is 1. The first-order valence-electron chi connectivity index (χ1n) is 4.48. The fourth-order valence-corrected chi connectivity index (χ4v) is 1.54. The maximum atomic E-state index is 5.50. The molecule has 15 heavy (non-hydrogen) atoms. The molecule has 0 unspecified atom stereocenters. The second-order valence-corrected chi connectivity index (χ2v) is 4.35. The van der Waals surface area contributed by atoms with Crippen LogP contribution in [0.2, 0.25) is 0 Å². The van der Waals surface area contributed by atoms with Gasteiger partial charge in [0.25, 0.3) is 0 Å². The monoisotopic (exact) mass is 311 g/mol.